The van der Waals surface area contributed by atoms with E-state index >= 15 is 0 Å². The van der Waals surface area contributed by atoms with Gasteiger partial charge in [0.05, 0.1) is 30.6 Å². The maximum absolute atomic E-state index is 12.8. The second-order valence-electron chi connectivity index (χ2n) is 5.78. The predicted octanol–water partition coefficient (Wildman–Crippen LogP) is 2.46. The van der Waals surface area contributed by atoms with Crippen molar-refractivity contribution in [3.05, 3.63) is 63.5 Å². The van der Waals surface area contributed by atoms with Gasteiger partial charge in [-0.15, -0.1) is 0 Å². The van der Waals surface area contributed by atoms with Crippen molar-refractivity contribution in [1.29, 1.82) is 0 Å². The number of fused-ring (bicyclic) bond motifs is 1. The first kappa shape index (κ1) is 15.6. The van der Waals surface area contributed by atoms with Crippen LogP contribution in [0.1, 0.15) is 5.56 Å². The third-order valence-corrected chi connectivity index (χ3v) is 4.04. The van der Waals surface area contributed by atoms with E-state index in [2.05, 4.69) is 0 Å². The first-order valence-corrected chi connectivity index (χ1v) is 7.67. The lowest BCUT2D eigenvalue weighted by Crippen LogP contribution is -3.04. The van der Waals surface area contributed by atoms with Gasteiger partial charge in [-0.3, -0.25) is 4.79 Å². The van der Waals surface area contributed by atoms with Crippen LogP contribution >= 0.6 is 11.6 Å². The zero-order valence-electron chi connectivity index (χ0n) is 12.9. The van der Waals surface area contributed by atoms with Crippen LogP contribution in [0.2, 0.25) is 5.02 Å². The van der Waals surface area contributed by atoms with Crippen molar-refractivity contribution < 1.29 is 14.4 Å². The van der Waals surface area contributed by atoms with Crippen molar-refractivity contribution in [3.63, 3.8) is 0 Å². The minimum absolute atomic E-state index is 0.132. The van der Waals surface area contributed by atoms with Crippen LogP contribution in [0.25, 0.3) is 22.1 Å². The van der Waals surface area contributed by atoms with Gasteiger partial charge in [0.25, 0.3) is 0 Å². The van der Waals surface area contributed by atoms with Crippen molar-refractivity contribution in [2.45, 2.75) is 6.54 Å². The molecule has 0 saturated heterocycles. The van der Waals surface area contributed by atoms with Crippen LogP contribution in [0, 0.1) is 0 Å². The summed E-state index contributed by atoms with van der Waals surface area (Å²) in [4.78, 5) is 13.9. The van der Waals surface area contributed by atoms with Gasteiger partial charge in [-0.05, 0) is 18.2 Å². The molecule has 0 atom stereocenters. The zero-order chi connectivity index (χ0) is 16.6. The van der Waals surface area contributed by atoms with E-state index in [1.165, 1.54) is 12.3 Å². The summed E-state index contributed by atoms with van der Waals surface area (Å²) in [6.45, 7) is 0.553. The SMILES string of the molecule is C[NH+](C)Cc1c(O)ccc2c(=O)c(-c3ccccc3Cl)coc12. The molecule has 0 bridgehead atoms. The van der Waals surface area contributed by atoms with Gasteiger partial charge in [0.15, 0.2) is 0 Å². The summed E-state index contributed by atoms with van der Waals surface area (Å²) in [5, 5.41) is 11.0. The number of rotatable bonds is 3. The normalized spacial score (nSPS) is 11.3. The first-order valence-electron chi connectivity index (χ1n) is 7.29. The van der Waals surface area contributed by atoms with Gasteiger partial charge in [-0.25, -0.2) is 0 Å². The lowest BCUT2D eigenvalue weighted by atomic mass is 10.0. The maximum Gasteiger partial charge on any atom is 0.200 e. The topological polar surface area (TPSA) is 54.9 Å². The first-order chi connectivity index (χ1) is 11.0. The number of phenols is 1. The fourth-order valence-corrected chi connectivity index (χ4v) is 2.87. The Morgan fingerprint density at radius 3 is 2.57 bits per heavy atom. The summed E-state index contributed by atoms with van der Waals surface area (Å²) in [6, 6.07) is 10.3. The maximum atomic E-state index is 12.8. The van der Waals surface area contributed by atoms with Gasteiger partial charge in [0.2, 0.25) is 5.43 Å². The molecule has 0 saturated carbocycles. The molecule has 4 nitrogen and oxygen atoms in total. The van der Waals surface area contributed by atoms with Crippen molar-refractivity contribution in [2.24, 2.45) is 0 Å². The molecule has 23 heavy (non-hydrogen) atoms. The standard InChI is InChI=1S/C18H16ClNO3/c1-20(2)9-13-16(21)8-7-12-17(22)14(10-23-18(12)13)11-5-3-4-6-15(11)19/h3-8,10,21H,9H2,1-2H3/p+1. The summed E-state index contributed by atoms with van der Waals surface area (Å²) >= 11 is 6.18. The number of halogens is 1. The molecule has 0 aliphatic carbocycles. The smallest absolute Gasteiger partial charge is 0.200 e. The summed E-state index contributed by atoms with van der Waals surface area (Å²) < 4.78 is 5.71. The molecule has 0 aliphatic heterocycles. The Labute approximate surface area is 138 Å². The van der Waals surface area contributed by atoms with Gasteiger partial charge in [0, 0.05) is 10.6 Å². The van der Waals surface area contributed by atoms with E-state index in [4.69, 9.17) is 16.0 Å². The lowest BCUT2D eigenvalue weighted by molar-refractivity contribution is -0.872. The fraction of sp³-hybridized carbons (Fsp3) is 0.167. The second kappa shape index (κ2) is 6.07. The van der Waals surface area contributed by atoms with Crippen LogP contribution in [0.3, 0.4) is 0 Å². The number of hydrogen-bond acceptors (Lipinski definition) is 3. The minimum atomic E-state index is -0.158. The Morgan fingerprint density at radius 1 is 1.13 bits per heavy atom. The quantitative estimate of drug-likeness (QED) is 0.775. The highest BCUT2D eigenvalue weighted by Crippen LogP contribution is 2.30. The fourth-order valence-electron chi connectivity index (χ4n) is 2.64. The minimum Gasteiger partial charge on any atom is -0.507 e. The Bertz CT molecular complexity index is 931. The molecule has 2 N–H and O–H groups in total. The molecule has 0 aliphatic rings. The monoisotopic (exact) mass is 330 g/mol. The second-order valence-corrected chi connectivity index (χ2v) is 6.19. The van der Waals surface area contributed by atoms with Crippen LogP contribution in [-0.2, 0) is 6.54 Å². The van der Waals surface area contributed by atoms with Crippen LogP contribution in [0.4, 0.5) is 0 Å². The molecule has 2 aromatic carbocycles. The average Bonchev–Trinajstić information content (AvgIpc) is 2.51. The largest absolute Gasteiger partial charge is 0.507 e. The van der Waals surface area contributed by atoms with Gasteiger partial charge in [-0.1, -0.05) is 29.8 Å². The highest BCUT2D eigenvalue weighted by molar-refractivity contribution is 6.33. The Morgan fingerprint density at radius 2 is 1.87 bits per heavy atom. The molecule has 0 fully saturated rings. The van der Waals surface area contributed by atoms with Crippen molar-refractivity contribution >= 4 is 22.6 Å². The van der Waals surface area contributed by atoms with E-state index in [1.807, 2.05) is 26.2 Å². The van der Waals surface area contributed by atoms with Gasteiger partial charge >= 0.3 is 0 Å². The molecule has 1 aromatic heterocycles. The van der Waals surface area contributed by atoms with E-state index in [0.29, 0.717) is 39.2 Å². The molecular formula is C18H17ClNO3+. The third kappa shape index (κ3) is 2.83. The molecule has 0 spiro atoms. The highest BCUT2D eigenvalue weighted by Gasteiger charge is 2.17. The van der Waals surface area contributed by atoms with E-state index in [1.54, 1.807) is 18.2 Å². The lowest BCUT2D eigenvalue weighted by Gasteiger charge is -2.11. The summed E-state index contributed by atoms with van der Waals surface area (Å²) in [5.41, 5.74) is 1.95. The Kier molecular flexibility index (Phi) is 4.11. The third-order valence-electron chi connectivity index (χ3n) is 3.71. The number of benzene rings is 2. The van der Waals surface area contributed by atoms with Crippen molar-refractivity contribution in [3.8, 4) is 16.9 Å². The van der Waals surface area contributed by atoms with E-state index < -0.39 is 0 Å². The highest BCUT2D eigenvalue weighted by atomic mass is 35.5. The summed E-state index contributed by atoms with van der Waals surface area (Å²) in [7, 11) is 3.93. The van der Waals surface area contributed by atoms with E-state index in [9.17, 15) is 9.90 Å². The molecule has 118 valence electrons. The van der Waals surface area contributed by atoms with Crippen molar-refractivity contribution in [2.75, 3.05) is 14.1 Å². The van der Waals surface area contributed by atoms with Gasteiger partial charge in [0.1, 0.15) is 24.1 Å². The van der Waals surface area contributed by atoms with Gasteiger partial charge < -0.3 is 14.4 Å². The Balaban J connectivity index is 2.28. The van der Waals surface area contributed by atoms with Crippen LogP contribution in [0.15, 0.2) is 51.9 Å². The molecule has 1 heterocycles. The number of aromatic hydroxyl groups is 1. The van der Waals surface area contributed by atoms with Crippen LogP contribution < -0.4 is 10.3 Å². The van der Waals surface area contributed by atoms with Crippen LogP contribution in [-0.4, -0.2) is 19.2 Å². The predicted molar refractivity (Wildman–Crippen MR) is 91.1 cm³/mol. The number of nitrogens with one attached hydrogen (secondary N) is 1. The summed E-state index contributed by atoms with van der Waals surface area (Å²) in [6.07, 6.45) is 1.42. The average molecular weight is 331 g/mol. The number of phenolic OH excluding ortho intramolecular Hbond substituents is 1. The van der Waals surface area contributed by atoms with Crippen molar-refractivity contribution in [1.82, 2.24) is 0 Å². The Hall–Kier alpha value is -2.30. The molecule has 3 aromatic rings. The number of quaternary nitrogens is 1. The van der Waals surface area contributed by atoms with E-state index in [-0.39, 0.29) is 11.2 Å². The van der Waals surface area contributed by atoms with Crippen LogP contribution in [0.5, 0.6) is 5.75 Å². The molecule has 5 heteroatoms. The molecule has 0 unspecified atom stereocenters. The van der Waals surface area contributed by atoms with E-state index in [0.717, 1.165) is 4.90 Å². The molecule has 0 radical (unpaired) electrons. The molecule has 0 amide bonds. The number of hydrogen-bond donors (Lipinski definition) is 2. The summed E-state index contributed by atoms with van der Waals surface area (Å²) in [5.74, 6) is 0.132. The molecular weight excluding hydrogens is 314 g/mol. The molecule has 3 rings (SSSR count). The zero-order valence-corrected chi connectivity index (χ0v) is 13.6. The van der Waals surface area contributed by atoms with Gasteiger partial charge in [-0.2, -0.15) is 0 Å².